The van der Waals surface area contributed by atoms with E-state index in [1.165, 1.54) is 10.2 Å². The molecule has 5 rings (SSSR count). The zero-order chi connectivity index (χ0) is 22.1. The predicted molar refractivity (Wildman–Crippen MR) is 136 cm³/mol. The molecule has 0 spiro atoms. The van der Waals surface area contributed by atoms with E-state index in [2.05, 4.69) is 34.3 Å². The third-order valence-electron chi connectivity index (χ3n) is 6.06. The summed E-state index contributed by atoms with van der Waals surface area (Å²) in [6.07, 6.45) is 2.69. The van der Waals surface area contributed by atoms with Gasteiger partial charge in [-0.2, -0.15) is 4.68 Å². The number of rotatable bonds is 5. The largest absolute Gasteiger partial charge is 0.485 e. The Kier molecular flexibility index (Phi) is 8.76. The maximum atomic E-state index is 12.6. The summed E-state index contributed by atoms with van der Waals surface area (Å²) < 4.78 is 18.3. The topological polar surface area (TPSA) is 95.8 Å². The van der Waals surface area contributed by atoms with Gasteiger partial charge in [0.2, 0.25) is 0 Å². The fourth-order valence-electron chi connectivity index (χ4n) is 4.30. The van der Waals surface area contributed by atoms with Gasteiger partial charge in [-0.15, -0.1) is 29.9 Å². The molecule has 0 unspecified atom stereocenters. The summed E-state index contributed by atoms with van der Waals surface area (Å²) >= 11 is 6.27. The van der Waals surface area contributed by atoms with Crippen LogP contribution in [-0.4, -0.2) is 47.5 Å². The summed E-state index contributed by atoms with van der Waals surface area (Å²) in [6.45, 7) is 3.56. The highest BCUT2D eigenvalue weighted by Gasteiger charge is 2.28. The van der Waals surface area contributed by atoms with Crippen LogP contribution < -0.4 is 21.0 Å². The first-order valence-corrected chi connectivity index (χ1v) is 11.2. The van der Waals surface area contributed by atoms with E-state index in [9.17, 15) is 4.79 Å². The number of nitrogen functional groups attached to an aromatic ring is 1. The third kappa shape index (κ3) is 5.30. The number of fused-ring (bicyclic) bond motifs is 1. The normalized spacial score (nSPS) is 15.9. The Morgan fingerprint density at radius 2 is 1.74 bits per heavy atom. The summed E-state index contributed by atoms with van der Waals surface area (Å²) in [4.78, 5) is 15.0. The smallest absolute Gasteiger partial charge is 0.437 e. The molecule has 0 atom stereocenters. The average Bonchev–Trinajstić information content (AvgIpc) is 3.22. The third-order valence-corrected chi connectivity index (χ3v) is 6.38. The first-order chi connectivity index (χ1) is 15.6. The molecule has 2 aliphatic rings. The lowest BCUT2D eigenvalue weighted by Gasteiger charge is -2.31. The fourth-order valence-corrected chi connectivity index (χ4v) is 4.50. The molecule has 0 bridgehead atoms. The molecule has 11 heteroatoms. The van der Waals surface area contributed by atoms with Crippen LogP contribution in [-0.2, 0) is 6.42 Å². The average molecular weight is 530 g/mol. The number of nitrogens with zero attached hydrogens (tertiary/aromatic N) is 3. The second kappa shape index (κ2) is 11.4. The summed E-state index contributed by atoms with van der Waals surface area (Å²) in [5, 5.41) is 4.78. The van der Waals surface area contributed by atoms with Gasteiger partial charge in [-0.05, 0) is 30.9 Å². The number of hydrogen-bond donors (Lipinski definition) is 1. The second-order valence-electron chi connectivity index (χ2n) is 8.10. The van der Waals surface area contributed by atoms with Gasteiger partial charge in [0.05, 0.1) is 22.3 Å². The van der Waals surface area contributed by atoms with Gasteiger partial charge >= 0.3 is 5.76 Å². The number of ether oxygens (including phenoxy) is 2. The van der Waals surface area contributed by atoms with Crippen LogP contribution in [0.25, 0.3) is 11.5 Å². The van der Waals surface area contributed by atoms with E-state index in [1.807, 2.05) is 6.07 Å². The van der Waals surface area contributed by atoms with Crippen molar-refractivity contribution < 1.29 is 13.9 Å². The van der Waals surface area contributed by atoms with Gasteiger partial charge in [0.25, 0.3) is 5.89 Å². The molecule has 3 aromatic rings. The minimum atomic E-state index is -0.485. The van der Waals surface area contributed by atoms with E-state index in [0.29, 0.717) is 41.0 Å². The molecule has 1 aromatic heterocycles. The summed E-state index contributed by atoms with van der Waals surface area (Å²) in [7, 11) is 0. The minimum Gasteiger partial charge on any atom is -0.485 e. The van der Waals surface area contributed by atoms with Crippen LogP contribution in [0.5, 0.6) is 11.5 Å². The van der Waals surface area contributed by atoms with E-state index in [0.717, 1.165) is 38.9 Å². The van der Waals surface area contributed by atoms with Gasteiger partial charge in [-0.3, -0.25) is 0 Å². The molecule has 1 fully saturated rings. The van der Waals surface area contributed by atoms with Crippen molar-refractivity contribution in [1.82, 2.24) is 14.7 Å². The molecule has 0 amide bonds. The summed E-state index contributed by atoms with van der Waals surface area (Å²) in [5.41, 5.74) is 8.12. The standard InChI is InChI=1S/C23H25ClN4O4.2ClH/c24-18-14-17(20-21(19(18)25)31-13-12-30-20)22-26-28(23(29)32-22)16-7-10-27(11-8-16)9-6-15-4-2-1-3-5-15;;/h1-5,14,16H,6-13,25H2;2*1H. The van der Waals surface area contributed by atoms with Gasteiger partial charge in [0.1, 0.15) is 13.2 Å². The quantitative estimate of drug-likeness (QED) is 0.494. The zero-order valence-electron chi connectivity index (χ0n) is 18.4. The highest BCUT2D eigenvalue weighted by molar-refractivity contribution is 6.34. The molecule has 0 saturated carbocycles. The number of hydrogen-bond acceptors (Lipinski definition) is 7. The lowest BCUT2D eigenvalue weighted by Crippen LogP contribution is -2.38. The SMILES string of the molecule is Cl.Cl.Nc1c(Cl)cc(-c2nn(C3CCN(CCc4ccccc4)CC3)c(=O)o2)c2c1OCCO2. The maximum absolute atomic E-state index is 12.6. The Balaban J connectivity index is 0.00000162. The van der Waals surface area contributed by atoms with Crippen LogP contribution in [0, 0.1) is 0 Å². The van der Waals surface area contributed by atoms with Crippen molar-refractivity contribution in [3.05, 3.63) is 57.5 Å². The van der Waals surface area contributed by atoms with Crippen LogP contribution in [0.1, 0.15) is 24.4 Å². The molecule has 184 valence electrons. The fraction of sp³-hybridized carbons (Fsp3) is 0.391. The Morgan fingerprint density at radius 1 is 1.06 bits per heavy atom. The van der Waals surface area contributed by atoms with Crippen molar-refractivity contribution in [3.63, 3.8) is 0 Å². The highest BCUT2D eigenvalue weighted by Crippen LogP contribution is 2.46. The first-order valence-electron chi connectivity index (χ1n) is 10.8. The molecule has 3 heterocycles. The predicted octanol–water partition coefficient (Wildman–Crippen LogP) is 4.23. The van der Waals surface area contributed by atoms with Crippen molar-refractivity contribution in [1.29, 1.82) is 0 Å². The number of likely N-dealkylation sites (tertiary alicyclic amines) is 1. The lowest BCUT2D eigenvalue weighted by molar-refractivity contribution is 0.173. The van der Waals surface area contributed by atoms with Crippen molar-refractivity contribution >= 4 is 42.1 Å². The molecule has 2 N–H and O–H groups in total. The zero-order valence-corrected chi connectivity index (χ0v) is 20.8. The van der Waals surface area contributed by atoms with Crippen molar-refractivity contribution in [2.45, 2.75) is 25.3 Å². The Morgan fingerprint density at radius 3 is 2.44 bits per heavy atom. The molecule has 34 heavy (non-hydrogen) atoms. The van der Waals surface area contributed by atoms with Crippen LogP contribution in [0.4, 0.5) is 5.69 Å². The molecule has 1 saturated heterocycles. The number of benzene rings is 2. The highest BCUT2D eigenvalue weighted by atomic mass is 35.5. The molecular weight excluding hydrogens is 503 g/mol. The molecule has 2 aliphatic heterocycles. The van der Waals surface area contributed by atoms with Gasteiger partial charge in [-0.1, -0.05) is 41.9 Å². The first kappa shape index (κ1) is 26.2. The van der Waals surface area contributed by atoms with Crippen LogP contribution >= 0.6 is 36.4 Å². The van der Waals surface area contributed by atoms with E-state index in [-0.39, 0.29) is 36.7 Å². The van der Waals surface area contributed by atoms with Crippen molar-refractivity contribution in [2.24, 2.45) is 0 Å². The number of halogens is 3. The maximum Gasteiger partial charge on any atom is 0.437 e. The van der Waals surface area contributed by atoms with E-state index < -0.39 is 5.76 Å². The summed E-state index contributed by atoms with van der Waals surface area (Å²) in [5.74, 6) is 0.441. The van der Waals surface area contributed by atoms with E-state index in [4.69, 9.17) is 31.2 Å². The van der Waals surface area contributed by atoms with Crippen molar-refractivity contribution in [3.8, 4) is 23.0 Å². The van der Waals surface area contributed by atoms with E-state index >= 15 is 0 Å². The van der Waals surface area contributed by atoms with Gasteiger partial charge in [0, 0.05) is 19.6 Å². The van der Waals surface area contributed by atoms with Crippen LogP contribution in [0.2, 0.25) is 5.02 Å². The van der Waals surface area contributed by atoms with Gasteiger partial charge in [-0.25, -0.2) is 4.79 Å². The van der Waals surface area contributed by atoms with Crippen LogP contribution in [0.15, 0.2) is 45.6 Å². The molecular formula is C23H27Cl3N4O4. The van der Waals surface area contributed by atoms with Crippen molar-refractivity contribution in [2.75, 3.05) is 38.6 Å². The molecule has 2 aromatic carbocycles. The van der Waals surface area contributed by atoms with Gasteiger partial charge < -0.3 is 24.5 Å². The molecule has 0 radical (unpaired) electrons. The minimum absolute atomic E-state index is 0. The molecule has 8 nitrogen and oxygen atoms in total. The molecule has 0 aliphatic carbocycles. The lowest BCUT2D eigenvalue weighted by atomic mass is 10.0. The number of nitrogens with two attached hydrogens (primary N) is 1. The Labute approximate surface area is 214 Å². The Hall–Kier alpha value is -2.39. The Bertz CT molecular complexity index is 1160. The van der Waals surface area contributed by atoms with Gasteiger partial charge in [0.15, 0.2) is 11.5 Å². The van der Waals surface area contributed by atoms with E-state index in [1.54, 1.807) is 6.07 Å². The number of aromatic nitrogens is 2. The number of piperidine rings is 1. The summed E-state index contributed by atoms with van der Waals surface area (Å²) in [6, 6.07) is 12.1. The second-order valence-corrected chi connectivity index (χ2v) is 8.51. The monoisotopic (exact) mass is 528 g/mol. The number of anilines is 1. The van der Waals surface area contributed by atoms with Crippen LogP contribution in [0.3, 0.4) is 0 Å².